The molecule has 4 nitrogen and oxygen atoms in total. The Bertz CT molecular complexity index is 647. The molecular formula is C22H32N2O2. The summed E-state index contributed by atoms with van der Waals surface area (Å²) >= 11 is 0. The predicted octanol–water partition coefficient (Wildman–Crippen LogP) is 3.35. The summed E-state index contributed by atoms with van der Waals surface area (Å²) in [6.07, 6.45) is 6.17. The van der Waals surface area contributed by atoms with Crippen molar-refractivity contribution in [2.24, 2.45) is 11.3 Å². The van der Waals surface area contributed by atoms with Gasteiger partial charge in [-0.15, -0.1) is 0 Å². The lowest BCUT2D eigenvalue weighted by atomic mass is 9.76. The maximum atomic E-state index is 12.9. The van der Waals surface area contributed by atoms with Crippen molar-refractivity contribution in [3.63, 3.8) is 0 Å². The number of ether oxygens (including phenoxy) is 1. The van der Waals surface area contributed by atoms with Crippen molar-refractivity contribution in [3.8, 4) is 0 Å². The average Bonchev–Trinajstić information content (AvgIpc) is 3.40. The van der Waals surface area contributed by atoms with Gasteiger partial charge in [0, 0.05) is 37.8 Å². The van der Waals surface area contributed by atoms with E-state index in [0.29, 0.717) is 11.5 Å². The van der Waals surface area contributed by atoms with E-state index in [4.69, 9.17) is 4.74 Å². The fraction of sp³-hybridized carbons (Fsp3) is 0.682. The molecule has 0 bridgehead atoms. The first-order chi connectivity index (χ1) is 12.6. The molecule has 1 spiro atoms. The minimum atomic E-state index is 0.202. The Labute approximate surface area is 157 Å². The second-order valence-electron chi connectivity index (χ2n) is 8.86. The Kier molecular flexibility index (Phi) is 5.07. The molecule has 1 aromatic rings. The predicted molar refractivity (Wildman–Crippen MR) is 103 cm³/mol. The summed E-state index contributed by atoms with van der Waals surface area (Å²) in [5.74, 6) is 1.04. The van der Waals surface area contributed by atoms with Crippen LogP contribution >= 0.6 is 0 Å². The van der Waals surface area contributed by atoms with Crippen LogP contribution in [0.25, 0.3) is 0 Å². The van der Waals surface area contributed by atoms with Gasteiger partial charge in [-0.3, -0.25) is 4.79 Å². The molecule has 2 saturated heterocycles. The van der Waals surface area contributed by atoms with Crippen LogP contribution in [0.3, 0.4) is 0 Å². The number of carbonyl (C=O) groups is 1. The lowest BCUT2D eigenvalue weighted by Gasteiger charge is -2.39. The quantitative estimate of drug-likeness (QED) is 0.811. The Morgan fingerprint density at radius 3 is 2.62 bits per heavy atom. The molecule has 0 unspecified atom stereocenters. The third kappa shape index (κ3) is 3.81. The van der Waals surface area contributed by atoms with Gasteiger partial charge < -0.3 is 14.5 Å². The van der Waals surface area contributed by atoms with E-state index in [1.54, 1.807) is 0 Å². The van der Waals surface area contributed by atoms with Crippen LogP contribution in [-0.2, 0) is 4.74 Å². The molecule has 0 aromatic heterocycles. The SMILES string of the molecule is Cc1ccccc1C(=O)N1CCC2(CC1)C[C@@H](COCC1CC1)N(C)C2. The van der Waals surface area contributed by atoms with Gasteiger partial charge in [0.05, 0.1) is 6.61 Å². The van der Waals surface area contributed by atoms with Crippen molar-refractivity contribution in [3.05, 3.63) is 35.4 Å². The van der Waals surface area contributed by atoms with Crippen LogP contribution in [0, 0.1) is 18.3 Å². The number of benzene rings is 1. The summed E-state index contributed by atoms with van der Waals surface area (Å²) in [6.45, 7) is 6.78. The molecule has 26 heavy (non-hydrogen) atoms. The lowest BCUT2D eigenvalue weighted by molar-refractivity contribution is 0.0587. The van der Waals surface area contributed by atoms with E-state index in [1.807, 2.05) is 31.2 Å². The molecule has 1 aliphatic carbocycles. The van der Waals surface area contributed by atoms with E-state index >= 15 is 0 Å². The Hall–Kier alpha value is -1.39. The topological polar surface area (TPSA) is 32.8 Å². The monoisotopic (exact) mass is 356 g/mol. The molecule has 0 N–H and O–H groups in total. The van der Waals surface area contributed by atoms with Gasteiger partial charge in [-0.25, -0.2) is 0 Å². The van der Waals surface area contributed by atoms with Crippen molar-refractivity contribution in [1.29, 1.82) is 0 Å². The Morgan fingerprint density at radius 2 is 1.92 bits per heavy atom. The maximum absolute atomic E-state index is 12.9. The molecule has 4 heteroatoms. The first-order valence-corrected chi connectivity index (χ1v) is 10.2. The van der Waals surface area contributed by atoms with Crippen LogP contribution in [0.15, 0.2) is 24.3 Å². The zero-order valence-electron chi connectivity index (χ0n) is 16.2. The summed E-state index contributed by atoms with van der Waals surface area (Å²) < 4.78 is 5.97. The summed E-state index contributed by atoms with van der Waals surface area (Å²) in [5.41, 5.74) is 2.31. The molecule has 3 fully saturated rings. The number of hydrogen-bond donors (Lipinski definition) is 0. The standard InChI is InChI=1S/C22H32N2O2/c1-17-5-3-4-6-20(17)21(25)24-11-9-22(10-12-24)13-19(23(2)16-22)15-26-14-18-7-8-18/h3-6,18-19H,7-16H2,1-2H3/t19-/m0/s1. The summed E-state index contributed by atoms with van der Waals surface area (Å²) in [4.78, 5) is 17.4. The second-order valence-corrected chi connectivity index (χ2v) is 8.86. The highest BCUT2D eigenvalue weighted by Crippen LogP contribution is 2.43. The molecule has 0 radical (unpaired) electrons. The first-order valence-electron chi connectivity index (χ1n) is 10.2. The maximum Gasteiger partial charge on any atom is 0.254 e. The van der Waals surface area contributed by atoms with E-state index in [2.05, 4.69) is 16.8 Å². The Morgan fingerprint density at radius 1 is 1.19 bits per heavy atom. The Balaban J connectivity index is 1.31. The lowest BCUT2D eigenvalue weighted by Crippen LogP contribution is -2.44. The molecular weight excluding hydrogens is 324 g/mol. The van der Waals surface area contributed by atoms with Crippen molar-refractivity contribution in [1.82, 2.24) is 9.80 Å². The fourth-order valence-electron chi connectivity index (χ4n) is 4.75. The van der Waals surface area contributed by atoms with Crippen molar-refractivity contribution in [2.75, 3.05) is 39.9 Å². The zero-order valence-corrected chi connectivity index (χ0v) is 16.2. The molecule has 1 saturated carbocycles. The minimum absolute atomic E-state index is 0.202. The summed E-state index contributed by atoms with van der Waals surface area (Å²) in [7, 11) is 2.24. The third-order valence-electron chi connectivity index (χ3n) is 6.72. The highest BCUT2D eigenvalue weighted by atomic mass is 16.5. The second kappa shape index (κ2) is 7.32. The van der Waals surface area contributed by atoms with Crippen LogP contribution in [0.4, 0.5) is 0 Å². The van der Waals surface area contributed by atoms with E-state index in [9.17, 15) is 4.79 Å². The van der Waals surface area contributed by atoms with Crippen LogP contribution in [-0.4, -0.2) is 61.6 Å². The van der Waals surface area contributed by atoms with Crippen LogP contribution in [0.1, 0.15) is 48.0 Å². The number of amides is 1. The van der Waals surface area contributed by atoms with Gasteiger partial charge in [0.1, 0.15) is 0 Å². The molecule has 1 aromatic carbocycles. The molecule has 2 heterocycles. The molecule has 4 rings (SSSR count). The van der Waals surface area contributed by atoms with E-state index < -0.39 is 0 Å². The van der Waals surface area contributed by atoms with Crippen molar-refractivity contribution < 1.29 is 9.53 Å². The highest BCUT2D eigenvalue weighted by Gasteiger charge is 2.44. The number of nitrogens with zero attached hydrogens (tertiary/aromatic N) is 2. The van der Waals surface area contributed by atoms with Gasteiger partial charge in [-0.2, -0.15) is 0 Å². The number of hydrogen-bond acceptors (Lipinski definition) is 3. The van der Waals surface area contributed by atoms with Gasteiger partial charge in [0.2, 0.25) is 0 Å². The number of likely N-dealkylation sites (tertiary alicyclic amines) is 2. The van der Waals surface area contributed by atoms with E-state index in [0.717, 1.165) is 62.7 Å². The molecule has 1 atom stereocenters. The average molecular weight is 357 g/mol. The molecule has 2 aliphatic heterocycles. The van der Waals surface area contributed by atoms with Crippen LogP contribution < -0.4 is 0 Å². The normalized spacial score (nSPS) is 25.8. The molecule has 142 valence electrons. The summed E-state index contributed by atoms with van der Waals surface area (Å²) in [5, 5.41) is 0. The van der Waals surface area contributed by atoms with Gasteiger partial charge in [-0.05, 0) is 69.0 Å². The zero-order chi connectivity index (χ0) is 18.1. The number of piperidine rings is 1. The number of rotatable bonds is 5. The van der Waals surface area contributed by atoms with E-state index in [-0.39, 0.29) is 5.91 Å². The number of likely N-dealkylation sites (N-methyl/N-ethyl adjacent to an activating group) is 1. The van der Waals surface area contributed by atoms with Gasteiger partial charge in [-0.1, -0.05) is 18.2 Å². The third-order valence-corrected chi connectivity index (χ3v) is 6.72. The molecule has 3 aliphatic rings. The highest BCUT2D eigenvalue weighted by molar-refractivity contribution is 5.95. The van der Waals surface area contributed by atoms with Gasteiger partial charge in [0.15, 0.2) is 0 Å². The minimum Gasteiger partial charge on any atom is -0.380 e. The van der Waals surface area contributed by atoms with Gasteiger partial charge in [0.25, 0.3) is 5.91 Å². The largest absolute Gasteiger partial charge is 0.380 e. The molecule has 1 amide bonds. The van der Waals surface area contributed by atoms with Crippen LogP contribution in [0.2, 0.25) is 0 Å². The number of aryl methyl sites for hydroxylation is 1. The summed E-state index contributed by atoms with van der Waals surface area (Å²) in [6, 6.07) is 8.49. The van der Waals surface area contributed by atoms with E-state index in [1.165, 1.54) is 19.3 Å². The van der Waals surface area contributed by atoms with Crippen LogP contribution in [0.5, 0.6) is 0 Å². The van der Waals surface area contributed by atoms with Gasteiger partial charge >= 0.3 is 0 Å². The van der Waals surface area contributed by atoms with Crippen molar-refractivity contribution >= 4 is 5.91 Å². The van der Waals surface area contributed by atoms with Crippen molar-refractivity contribution in [2.45, 2.75) is 45.1 Å². The first kappa shape index (κ1) is 18.0. The fourth-order valence-corrected chi connectivity index (χ4v) is 4.75. The number of carbonyl (C=O) groups excluding carboxylic acids is 1. The smallest absolute Gasteiger partial charge is 0.254 e.